The molecule has 1 amide bonds. The van der Waals surface area contributed by atoms with Gasteiger partial charge in [0.2, 0.25) is 0 Å². The lowest BCUT2D eigenvalue weighted by molar-refractivity contribution is -0.144. The first kappa shape index (κ1) is 15.0. The molecular weight excluding hydrogens is 315 g/mol. The summed E-state index contributed by atoms with van der Waals surface area (Å²) in [7, 11) is 1.15. The van der Waals surface area contributed by atoms with Crippen LogP contribution >= 0.6 is 15.9 Å². The molecular formula is C10H13BrF3N3O. The van der Waals surface area contributed by atoms with Crippen LogP contribution in [0.1, 0.15) is 36.5 Å². The third-order valence-electron chi connectivity index (χ3n) is 2.46. The zero-order valence-electron chi connectivity index (χ0n) is 10.1. The summed E-state index contributed by atoms with van der Waals surface area (Å²) >= 11 is 2.79. The molecule has 1 aromatic heterocycles. The van der Waals surface area contributed by atoms with Crippen molar-refractivity contribution in [3.8, 4) is 0 Å². The van der Waals surface area contributed by atoms with Crippen molar-refractivity contribution in [1.82, 2.24) is 15.1 Å². The standard InChI is InChI=1S/C10H13BrF3N3O/c1-4-5(2)15-9(18)7-6(11)8(10(12,13)14)17(3)16-7/h5H,4H2,1-3H3,(H,15,18). The van der Waals surface area contributed by atoms with Gasteiger partial charge in [-0.1, -0.05) is 6.92 Å². The third kappa shape index (κ3) is 3.04. The molecule has 0 bridgehead atoms. The second kappa shape index (κ2) is 5.29. The van der Waals surface area contributed by atoms with Crippen LogP contribution in [0.15, 0.2) is 4.47 Å². The summed E-state index contributed by atoms with van der Waals surface area (Å²) < 4.78 is 38.4. The quantitative estimate of drug-likeness (QED) is 0.927. The minimum Gasteiger partial charge on any atom is -0.348 e. The second-order valence-electron chi connectivity index (χ2n) is 3.92. The molecule has 0 radical (unpaired) electrons. The highest BCUT2D eigenvalue weighted by Gasteiger charge is 2.39. The van der Waals surface area contributed by atoms with Crippen molar-refractivity contribution < 1.29 is 18.0 Å². The molecule has 0 saturated heterocycles. The molecule has 0 aliphatic carbocycles. The molecule has 8 heteroatoms. The number of carbonyl (C=O) groups excluding carboxylic acids is 1. The van der Waals surface area contributed by atoms with E-state index in [4.69, 9.17) is 0 Å². The molecule has 0 saturated carbocycles. The number of amides is 1. The van der Waals surface area contributed by atoms with E-state index in [2.05, 4.69) is 26.3 Å². The highest BCUT2D eigenvalue weighted by molar-refractivity contribution is 9.10. The van der Waals surface area contributed by atoms with Crippen LogP contribution < -0.4 is 5.32 Å². The SMILES string of the molecule is CCC(C)NC(=O)c1nn(C)c(C(F)(F)F)c1Br. The lowest BCUT2D eigenvalue weighted by atomic mass is 10.2. The lowest BCUT2D eigenvalue weighted by Crippen LogP contribution is -2.32. The van der Waals surface area contributed by atoms with Gasteiger partial charge in [-0.3, -0.25) is 9.48 Å². The number of aromatic nitrogens is 2. The third-order valence-corrected chi connectivity index (χ3v) is 3.21. The number of halogens is 4. The molecule has 0 aliphatic heterocycles. The molecule has 0 fully saturated rings. The molecule has 1 rings (SSSR count). The van der Waals surface area contributed by atoms with E-state index in [1.165, 1.54) is 0 Å². The Morgan fingerprint density at radius 2 is 2.11 bits per heavy atom. The fraction of sp³-hybridized carbons (Fsp3) is 0.600. The number of nitrogens with one attached hydrogen (secondary N) is 1. The number of hydrogen-bond acceptors (Lipinski definition) is 2. The fourth-order valence-corrected chi connectivity index (χ4v) is 2.09. The number of hydrogen-bond donors (Lipinski definition) is 1. The first-order chi connectivity index (χ1) is 8.18. The Hall–Kier alpha value is -1.05. The van der Waals surface area contributed by atoms with Crippen molar-refractivity contribution in [2.45, 2.75) is 32.5 Å². The number of rotatable bonds is 3. The zero-order valence-corrected chi connectivity index (χ0v) is 11.7. The largest absolute Gasteiger partial charge is 0.434 e. The van der Waals surface area contributed by atoms with E-state index < -0.39 is 17.8 Å². The van der Waals surface area contributed by atoms with E-state index in [-0.39, 0.29) is 16.2 Å². The van der Waals surface area contributed by atoms with Crippen LogP contribution in [0.5, 0.6) is 0 Å². The second-order valence-corrected chi connectivity index (χ2v) is 4.71. The summed E-state index contributed by atoms with van der Waals surface area (Å²) in [6, 6.07) is -0.124. The van der Waals surface area contributed by atoms with Gasteiger partial charge < -0.3 is 5.32 Å². The van der Waals surface area contributed by atoms with Gasteiger partial charge in [-0.25, -0.2) is 0 Å². The Bertz CT molecular complexity index is 456. The summed E-state index contributed by atoms with van der Waals surface area (Å²) in [5.41, 5.74) is -1.23. The van der Waals surface area contributed by atoms with Crippen molar-refractivity contribution in [3.05, 3.63) is 15.9 Å². The highest BCUT2D eigenvalue weighted by Crippen LogP contribution is 2.36. The van der Waals surface area contributed by atoms with Gasteiger partial charge in [0, 0.05) is 13.1 Å². The molecule has 0 spiro atoms. The Labute approximate surface area is 111 Å². The maximum atomic E-state index is 12.7. The van der Waals surface area contributed by atoms with Crippen molar-refractivity contribution in [2.75, 3.05) is 0 Å². The fourth-order valence-electron chi connectivity index (χ4n) is 1.35. The molecule has 0 aromatic carbocycles. The van der Waals surface area contributed by atoms with Gasteiger partial charge >= 0.3 is 6.18 Å². The number of carbonyl (C=O) groups is 1. The van der Waals surface area contributed by atoms with Crippen LogP contribution in [0.2, 0.25) is 0 Å². The average molecular weight is 328 g/mol. The molecule has 4 nitrogen and oxygen atoms in total. The average Bonchev–Trinajstić information content (AvgIpc) is 2.53. The summed E-state index contributed by atoms with van der Waals surface area (Å²) in [4.78, 5) is 11.7. The summed E-state index contributed by atoms with van der Waals surface area (Å²) in [5.74, 6) is -0.623. The zero-order chi connectivity index (χ0) is 14.1. The van der Waals surface area contributed by atoms with Crippen LogP contribution in [0.25, 0.3) is 0 Å². The maximum Gasteiger partial charge on any atom is 0.434 e. The first-order valence-corrected chi connectivity index (χ1v) is 6.08. The van der Waals surface area contributed by atoms with Crippen LogP contribution in [0.4, 0.5) is 13.2 Å². The minimum atomic E-state index is -4.56. The van der Waals surface area contributed by atoms with E-state index in [0.717, 1.165) is 7.05 Å². The van der Waals surface area contributed by atoms with Gasteiger partial charge in [0.25, 0.3) is 5.91 Å². The van der Waals surface area contributed by atoms with Gasteiger partial charge in [0.05, 0.1) is 4.47 Å². The lowest BCUT2D eigenvalue weighted by Gasteiger charge is -2.09. The first-order valence-electron chi connectivity index (χ1n) is 5.29. The Balaban J connectivity index is 3.10. The topological polar surface area (TPSA) is 46.9 Å². The van der Waals surface area contributed by atoms with Crippen LogP contribution in [-0.4, -0.2) is 21.7 Å². The van der Waals surface area contributed by atoms with Crippen molar-refractivity contribution in [2.24, 2.45) is 7.05 Å². The number of aryl methyl sites for hydroxylation is 1. The number of alkyl halides is 3. The van der Waals surface area contributed by atoms with E-state index in [1.807, 2.05) is 6.92 Å². The molecule has 18 heavy (non-hydrogen) atoms. The molecule has 1 N–H and O–H groups in total. The Morgan fingerprint density at radius 1 is 1.56 bits per heavy atom. The summed E-state index contributed by atoms with van der Waals surface area (Å²) in [6.45, 7) is 3.62. The highest BCUT2D eigenvalue weighted by atomic mass is 79.9. The molecule has 1 unspecified atom stereocenters. The van der Waals surface area contributed by atoms with E-state index in [9.17, 15) is 18.0 Å². The molecule has 1 heterocycles. The van der Waals surface area contributed by atoms with Crippen molar-refractivity contribution in [3.63, 3.8) is 0 Å². The van der Waals surface area contributed by atoms with Crippen molar-refractivity contribution in [1.29, 1.82) is 0 Å². The molecule has 0 aliphatic rings. The summed E-state index contributed by atoms with van der Waals surface area (Å²) in [5, 5.41) is 6.17. The van der Waals surface area contributed by atoms with Gasteiger partial charge in [-0.05, 0) is 29.3 Å². The Kier molecular flexibility index (Phi) is 4.41. The molecule has 1 aromatic rings. The Morgan fingerprint density at radius 3 is 2.50 bits per heavy atom. The normalized spacial score (nSPS) is 13.5. The van der Waals surface area contributed by atoms with Crippen LogP contribution in [0.3, 0.4) is 0 Å². The van der Waals surface area contributed by atoms with Gasteiger partial charge in [-0.15, -0.1) is 0 Å². The monoisotopic (exact) mass is 327 g/mol. The smallest absolute Gasteiger partial charge is 0.348 e. The minimum absolute atomic E-state index is 0.124. The van der Waals surface area contributed by atoms with E-state index in [1.54, 1.807) is 6.92 Å². The van der Waals surface area contributed by atoms with Crippen LogP contribution in [0, 0.1) is 0 Å². The van der Waals surface area contributed by atoms with E-state index >= 15 is 0 Å². The van der Waals surface area contributed by atoms with Gasteiger partial charge in [0.1, 0.15) is 0 Å². The predicted octanol–water partition coefficient (Wildman–Crippen LogP) is 2.73. The van der Waals surface area contributed by atoms with Crippen molar-refractivity contribution >= 4 is 21.8 Å². The van der Waals surface area contributed by atoms with E-state index in [0.29, 0.717) is 11.1 Å². The van der Waals surface area contributed by atoms with Gasteiger partial charge in [-0.2, -0.15) is 18.3 Å². The van der Waals surface area contributed by atoms with Gasteiger partial charge in [0.15, 0.2) is 11.4 Å². The van der Waals surface area contributed by atoms with Crippen LogP contribution in [-0.2, 0) is 13.2 Å². The predicted molar refractivity (Wildman–Crippen MR) is 63.1 cm³/mol. The molecule has 102 valence electrons. The molecule has 1 atom stereocenters. The summed E-state index contributed by atoms with van der Waals surface area (Å²) in [6.07, 6.45) is -3.88. The number of nitrogens with zero attached hydrogens (tertiary/aromatic N) is 2. The maximum absolute atomic E-state index is 12.7.